The Morgan fingerprint density at radius 3 is 2.28 bits per heavy atom. The van der Waals surface area contributed by atoms with Gasteiger partial charge in [0.1, 0.15) is 21.1 Å². The van der Waals surface area contributed by atoms with E-state index in [0.29, 0.717) is 35.1 Å². The topological polar surface area (TPSA) is 136 Å². The molecule has 1 unspecified atom stereocenters. The van der Waals surface area contributed by atoms with E-state index in [1.807, 2.05) is 18.2 Å². The van der Waals surface area contributed by atoms with Gasteiger partial charge >= 0.3 is 23.9 Å². The van der Waals surface area contributed by atoms with E-state index in [1.165, 1.54) is 18.4 Å². The van der Waals surface area contributed by atoms with Crippen molar-refractivity contribution < 1.29 is 52.3 Å². The van der Waals surface area contributed by atoms with E-state index in [2.05, 4.69) is 4.90 Å². The van der Waals surface area contributed by atoms with Gasteiger partial charge in [-0.3, -0.25) is 4.79 Å². The Balaban J connectivity index is 1.36. The normalized spacial score (nSPS) is 21.6. The lowest BCUT2D eigenvalue weighted by molar-refractivity contribution is -0.179. The summed E-state index contributed by atoms with van der Waals surface area (Å²) in [5.74, 6) is -1.59. The SMILES string of the molecule is COC(=O)C[C@@](CCCC(C)(C)OC(=O)c1cccs1)(OC(=O)c1cccs1)C(=O)O[C@@H]1/C(OC)=C\CCCCN2CCc3cc4c(cc3[C@H]1C2)OCO4. The average Bonchev–Trinajstić information content (AvgIpc) is 3.95. The molecule has 0 amide bonds. The van der Waals surface area contributed by atoms with Gasteiger partial charge in [0.15, 0.2) is 17.6 Å². The van der Waals surface area contributed by atoms with Gasteiger partial charge in [0.25, 0.3) is 0 Å². The van der Waals surface area contributed by atoms with Gasteiger partial charge in [0, 0.05) is 19.0 Å². The Morgan fingerprint density at radius 1 is 0.907 bits per heavy atom. The van der Waals surface area contributed by atoms with Crippen LogP contribution in [0.5, 0.6) is 11.5 Å². The molecule has 0 saturated heterocycles. The van der Waals surface area contributed by atoms with E-state index >= 15 is 4.79 Å². The number of hydrogen-bond donors (Lipinski definition) is 0. The Bertz CT molecular complexity index is 1820. The molecule has 2 aromatic heterocycles. The zero-order chi connectivity index (χ0) is 38.3. The maximum Gasteiger partial charge on any atom is 0.351 e. The molecule has 5 heterocycles. The van der Waals surface area contributed by atoms with Crippen molar-refractivity contribution in [2.24, 2.45) is 0 Å². The number of nitrogens with zero attached hydrogens (tertiary/aromatic N) is 1. The lowest BCUT2D eigenvalue weighted by Crippen LogP contribution is -2.49. The predicted octanol–water partition coefficient (Wildman–Crippen LogP) is 7.07. The molecular weight excluding hydrogens is 735 g/mol. The van der Waals surface area contributed by atoms with Crippen LogP contribution in [-0.2, 0) is 39.7 Å². The zero-order valence-electron chi connectivity index (χ0n) is 31.1. The number of fused-ring (bicyclic) bond motifs is 5. The average molecular weight is 782 g/mol. The summed E-state index contributed by atoms with van der Waals surface area (Å²) in [6.07, 6.45) is 4.13. The van der Waals surface area contributed by atoms with Gasteiger partial charge in [-0.05, 0) is 118 Å². The summed E-state index contributed by atoms with van der Waals surface area (Å²) in [5, 5.41) is 3.51. The summed E-state index contributed by atoms with van der Waals surface area (Å²) >= 11 is 2.43. The van der Waals surface area contributed by atoms with Crippen molar-refractivity contribution >= 4 is 46.6 Å². The zero-order valence-corrected chi connectivity index (χ0v) is 32.7. The molecular formula is C40H47NO11S2. The second kappa shape index (κ2) is 17.4. The van der Waals surface area contributed by atoms with Crippen molar-refractivity contribution in [1.82, 2.24) is 4.90 Å². The fourth-order valence-electron chi connectivity index (χ4n) is 7.24. The van der Waals surface area contributed by atoms with Gasteiger partial charge in [-0.2, -0.15) is 0 Å². The second-order valence-electron chi connectivity index (χ2n) is 14.3. The molecule has 0 aliphatic carbocycles. The van der Waals surface area contributed by atoms with Crippen molar-refractivity contribution in [3.05, 3.63) is 79.9 Å². The number of rotatable bonds is 13. The van der Waals surface area contributed by atoms with Gasteiger partial charge in [0.05, 0.1) is 20.6 Å². The third-order valence-corrected chi connectivity index (χ3v) is 11.8. The molecule has 54 heavy (non-hydrogen) atoms. The molecule has 1 aromatic carbocycles. The molecule has 0 N–H and O–H groups in total. The Kier molecular flexibility index (Phi) is 12.6. The summed E-state index contributed by atoms with van der Waals surface area (Å²) in [6.45, 7) is 5.87. The van der Waals surface area contributed by atoms with Crippen LogP contribution in [0, 0.1) is 0 Å². The first-order chi connectivity index (χ1) is 26.0. The van der Waals surface area contributed by atoms with E-state index < -0.39 is 53.5 Å². The number of methoxy groups -OCH3 is 2. The molecule has 0 spiro atoms. The van der Waals surface area contributed by atoms with Crippen molar-refractivity contribution in [3.63, 3.8) is 0 Å². The third kappa shape index (κ3) is 9.27. The number of esters is 4. The van der Waals surface area contributed by atoms with E-state index in [-0.39, 0.29) is 30.9 Å². The summed E-state index contributed by atoms with van der Waals surface area (Å²) < 4.78 is 41.1. The first-order valence-corrected chi connectivity index (χ1v) is 20.0. The number of carbonyl (C=O) groups is 4. The standard InChI is InChI=1S/C40H47NO11S2/c1-39(2,51-36(43)32-12-8-19-53-32)15-10-16-40(23-34(42)47-4,52-37(44)33-13-9-20-54-33)38(45)50-35-28-24-41(17-7-5-6-11-29(35)46-3)18-14-26-21-30-31(22-27(26)28)49-25-48-30/h8-9,11-13,19-22,28,35H,5-7,10,14-18,23-25H2,1-4H3/b29-11+/t28-,35+,40-/m1/s1. The highest BCUT2D eigenvalue weighted by atomic mass is 32.1. The minimum Gasteiger partial charge on any atom is -0.497 e. The first kappa shape index (κ1) is 39.3. The molecule has 0 saturated carbocycles. The van der Waals surface area contributed by atoms with Crippen LogP contribution in [0.3, 0.4) is 0 Å². The van der Waals surface area contributed by atoms with Crippen molar-refractivity contribution in [1.29, 1.82) is 0 Å². The minimum atomic E-state index is -2.10. The van der Waals surface area contributed by atoms with E-state index in [9.17, 15) is 14.4 Å². The Morgan fingerprint density at radius 2 is 1.61 bits per heavy atom. The molecule has 6 rings (SSSR count). The van der Waals surface area contributed by atoms with Gasteiger partial charge in [-0.1, -0.05) is 12.1 Å². The molecule has 0 fully saturated rings. The van der Waals surface area contributed by atoms with Crippen LogP contribution in [0.15, 0.2) is 59.0 Å². The number of ether oxygens (including phenoxy) is 7. The van der Waals surface area contributed by atoms with Crippen molar-refractivity contribution in [2.45, 2.75) is 88.4 Å². The van der Waals surface area contributed by atoms with Crippen LogP contribution < -0.4 is 9.47 Å². The number of thiophene rings is 2. The monoisotopic (exact) mass is 781 g/mol. The number of benzene rings is 1. The lowest BCUT2D eigenvalue weighted by atomic mass is 9.86. The quantitative estimate of drug-likeness (QED) is 0.130. The van der Waals surface area contributed by atoms with E-state index in [4.69, 9.17) is 33.2 Å². The molecule has 3 aliphatic heterocycles. The molecule has 12 nitrogen and oxygen atoms in total. The highest BCUT2D eigenvalue weighted by Crippen LogP contribution is 2.43. The van der Waals surface area contributed by atoms with Gasteiger partial charge in [-0.15, -0.1) is 22.7 Å². The number of carbonyl (C=O) groups excluding carboxylic acids is 4. The fourth-order valence-corrected chi connectivity index (χ4v) is 8.43. The molecule has 290 valence electrons. The third-order valence-electron chi connectivity index (χ3n) is 10.1. The Hall–Kier alpha value is -4.40. The largest absolute Gasteiger partial charge is 0.497 e. The van der Waals surface area contributed by atoms with Crippen LogP contribution >= 0.6 is 22.7 Å². The van der Waals surface area contributed by atoms with Crippen molar-refractivity contribution in [2.75, 3.05) is 40.6 Å². The second-order valence-corrected chi connectivity index (χ2v) is 16.2. The summed E-state index contributed by atoms with van der Waals surface area (Å²) in [7, 11) is 2.76. The van der Waals surface area contributed by atoms with Crippen LogP contribution in [0.1, 0.15) is 95.2 Å². The van der Waals surface area contributed by atoms with E-state index in [0.717, 1.165) is 54.8 Å². The maximum absolute atomic E-state index is 15.0. The van der Waals surface area contributed by atoms with Crippen LogP contribution in [-0.4, -0.2) is 86.7 Å². The Labute approximate surface area is 323 Å². The minimum absolute atomic E-state index is 0.117. The molecule has 14 heteroatoms. The van der Waals surface area contributed by atoms with Crippen LogP contribution in [0.4, 0.5) is 0 Å². The number of hydrogen-bond acceptors (Lipinski definition) is 14. The molecule has 3 aromatic rings. The highest BCUT2D eigenvalue weighted by molar-refractivity contribution is 7.12. The number of allylic oxidation sites excluding steroid dienone is 1. The first-order valence-electron chi connectivity index (χ1n) is 18.2. The van der Waals surface area contributed by atoms with Crippen LogP contribution in [0.25, 0.3) is 0 Å². The van der Waals surface area contributed by atoms with Crippen LogP contribution in [0.2, 0.25) is 0 Å². The fraction of sp³-hybridized carbons (Fsp3) is 0.500. The molecule has 3 aliphatic rings. The van der Waals surface area contributed by atoms with Crippen molar-refractivity contribution in [3.8, 4) is 11.5 Å². The van der Waals surface area contributed by atoms with Gasteiger partial charge < -0.3 is 38.1 Å². The predicted molar refractivity (Wildman–Crippen MR) is 201 cm³/mol. The summed E-state index contributed by atoms with van der Waals surface area (Å²) in [4.78, 5) is 57.8. The van der Waals surface area contributed by atoms with E-state index in [1.54, 1.807) is 56.0 Å². The molecule has 4 atom stereocenters. The molecule has 0 radical (unpaired) electrons. The maximum atomic E-state index is 15.0. The molecule has 2 bridgehead atoms. The smallest absolute Gasteiger partial charge is 0.351 e. The lowest BCUT2D eigenvalue weighted by Gasteiger charge is -2.36. The summed E-state index contributed by atoms with van der Waals surface area (Å²) in [5.41, 5.74) is -1.07. The highest BCUT2D eigenvalue weighted by Gasteiger charge is 2.49. The summed E-state index contributed by atoms with van der Waals surface area (Å²) in [6, 6.07) is 10.7. The van der Waals surface area contributed by atoms with Gasteiger partial charge in [-0.25, -0.2) is 14.4 Å². The van der Waals surface area contributed by atoms with Gasteiger partial charge in [0.2, 0.25) is 12.4 Å².